The van der Waals surface area contributed by atoms with Gasteiger partial charge < -0.3 is 10.7 Å². The van der Waals surface area contributed by atoms with Gasteiger partial charge in [-0.15, -0.1) is 0 Å². The number of aromatic amines is 1. The Labute approximate surface area is 148 Å². The molecule has 24 heavy (non-hydrogen) atoms. The number of amidine groups is 1. The Morgan fingerprint density at radius 1 is 1.25 bits per heavy atom. The van der Waals surface area contributed by atoms with E-state index >= 15 is 0 Å². The highest BCUT2D eigenvalue weighted by Crippen LogP contribution is 2.16. The number of hydrogen-bond donors (Lipinski definition) is 2. The number of nitrogens with one attached hydrogen (secondary N) is 1. The molecule has 0 bridgehead atoms. The molecule has 3 rings (SSSR count). The molecule has 7 heteroatoms. The van der Waals surface area contributed by atoms with Gasteiger partial charge in [-0.2, -0.15) is 0 Å². The van der Waals surface area contributed by atoms with Crippen molar-refractivity contribution < 1.29 is 0 Å². The van der Waals surface area contributed by atoms with Crippen LogP contribution in [0.4, 0.5) is 0 Å². The van der Waals surface area contributed by atoms with Crippen LogP contribution < -0.4 is 11.3 Å². The Kier molecular flexibility index (Phi) is 5.17. The zero-order valence-electron chi connectivity index (χ0n) is 12.7. The zero-order chi connectivity index (χ0) is 16.9. The van der Waals surface area contributed by atoms with Gasteiger partial charge in [0.15, 0.2) is 5.17 Å². The minimum Gasteiger partial charge on any atom is -0.379 e. The highest BCUT2D eigenvalue weighted by Gasteiger charge is 2.06. The minimum absolute atomic E-state index is 0.188. The number of nitrogens with two attached hydrogens (primary N) is 1. The predicted molar refractivity (Wildman–Crippen MR) is 100 cm³/mol. The van der Waals surface area contributed by atoms with Crippen LogP contribution in [0.5, 0.6) is 0 Å². The fourth-order valence-electron chi connectivity index (χ4n) is 2.17. The standard InChI is InChI=1S/C17H15ClN4OS/c18-12-6-7-13-14(8-12)21-15(22-16(13)23)10-24-17(19)20-9-11-4-2-1-3-5-11/h1-8H,9-10H2,(H2,19,20)(H,21,22,23). The minimum atomic E-state index is -0.188. The van der Waals surface area contributed by atoms with Gasteiger partial charge in [0.25, 0.3) is 5.56 Å². The molecule has 5 nitrogen and oxygen atoms in total. The van der Waals surface area contributed by atoms with E-state index in [0.29, 0.717) is 39.2 Å². The van der Waals surface area contributed by atoms with E-state index in [-0.39, 0.29) is 5.56 Å². The molecule has 3 N–H and O–H groups in total. The van der Waals surface area contributed by atoms with Crippen molar-refractivity contribution in [3.05, 3.63) is 75.3 Å². The number of rotatable bonds is 4. The van der Waals surface area contributed by atoms with Crippen LogP contribution >= 0.6 is 23.4 Å². The van der Waals surface area contributed by atoms with Gasteiger partial charge in [-0.05, 0) is 23.8 Å². The third kappa shape index (κ3) is 4.15. The van der Waals surface area contributed by atoms with E-state index in [9.17, 15) is 4.79 Å². The van der Waals surface area contributed by atoms with Crippen molar-refractivity contribution in [2.24, 2.45) is 10.7 Å². The van der Waals surface area contributed by atoms with Gasteiger partial charge in [0.1, 0.15) is 5.82 Å². The van der Waals surface area contributed by atoms with Gasteiger partial charge in [-0.3, -0.25) is 9.79 Å². The van der Waals surface area contributed by atoms with Crippen LogP contribution in [0.3, 0.4) is 0 Å². The van der Waals surface area contributed by atoms with Gasteiger partial charge in [-0.1, -0.05) is 53.7 Å². The molecule has 0 unspecified atom stereocenters. The molecule has 0 aliphatic carbocycles. The summed E-state index contributed by atoms with van der Waals surface area (Å²) in [5.41, 5.74) is 7.39. The zero-order valence-corrected chi connectivity index (χ0v) is 14.3. The number of benzene rings is 2. The van der Waals surface area contributed by atoms with E-state index in [4.69, 9.17) is 17.3 Å². The van der Waals surface area contributed by atoms with Crippen LogP contribution in [0.2, 0.25) is 5.02 Å². The topological polar surface area (TPSA) is 84.1 Å². The lowest BCUT2D eigenvalue weighted by atomic mass is 10.2. The first-order chi connectivity index (χ1) is 11.6. The van der Waals surface area contributed by atoms with Crippen molar-refractivity contribution in [2.75, 3.05) is 0 Å². The van der Waals surface area contributed by atoms with Crippen molar-refractivity contribution in [1.82, 2.24) is 9.97 Å². The summed E-state index contributed by atoms with van der Waals surface area (Å²) in [6, 6.07) is 14.9. The molecule has 1 aromatic heterocycles. The number of fused-ring (bicyclic) bond motifs is 1. The maximum Gasteiger partial charge on any atom is 0.258 e. The Balaban J connectivity index is 1.70. The Morgan fingerprint density at radius 3 is 2.83 bits per heavy atom. The highest BCUT2D eigenvalue weighted by molar-refractivity contribution is 8.13. The van der Waals surface area contributed by atoms with Gasteiger partial charge in [-0.25, -0.2) is 4.98 Å². The van der Waals surface area contributed by atoms with E-state index in [2.05, 4.69) is 15.0 Å². The van der Waals surface area contributed by atoms with Crippen molar-refractivity contribution in [2.45, 2.75) is 12.3 Å². The maximum atomic E-state index is 12.1. The van der Waals surface area contributed by atoms with Crippen LogP contribution in [0.25, 0.3) is 10.9 Å². The van der Waals surface area contributed by atoms with Gasteiger partial charge in [0, 0.05) is 5.02 Å². The Bertz CT molecular complexity index is 940. The predicted octanol–water partition coefficient (Wildman–Crippen LogP) is 3.32. The molecule has 122 valence electrons. The number of aliphatic imine (C=N–C) groups is 1. The average Bonchev–Trinajstić information content (AvgIpc) is 2.58. The number of aromatic nitrogens is 2. The Morgan fingerprint density at radius 2 is 2.04 bits per heavy atom. The van der Waals surface area contributed by atoms with E-state index in [1.165, 1.54) is 11.8 Å². The molecule has 1 heterocycles. The molecular weight excluding hydrogens is 344 g/mol. The maximum absolute atomic E-state index is 12.1. The highest BCUT2D eigenvalue weighted by atomic mass is 35.5. The summed E-state index contributed by atoms with van der Waals surface area (Å²) in [5, 5.41) is 1.51. The molecule has 0 aliphatic heterocycles. The fraction of sp³-hybridized carbons (Fsp3) is 0.118. The Hall–Kier alpha value is -2.31. The molecule has 0 atom stereocenters. The molecule has 0 saturated heterocycles. The second-order valence-corrected chi connectivity index (χ2v) is 6.53. The molecule has 0 saturated carbocycles. The summed E-state index contributed by atoms with van der Waals surface area (Å²) in [4.78, 5) is 23.6. The van der Waals surface area contributed by atoms with E-state index in [1.54, 1.807) is 18.2 Å². The van der Waals surface area contributed by atoms with E-state index in [0.717, 1.165) is 5.56 Å². The summed E-state index contributed by atoms with van der Waals surface area (Å²) in [7, 11) is 0. The molecule has 0 amide bonds. The van der Waals surface area contributed by atoms with Gasteiger partial charge >= 0.3 is 0 Å². The SMILES string of the molecule is NC(=NCc1ccccc1)SCc1nc2cc(Cl)ccc2c(=O)[nH]1. The number of nitrogens with zero attached hydrogens (tertiary/aromatic N) is 2. The smallest absolute Gasteiger partial charge is 0.258 e. The normalized spacial score (nSPS) is 11.8. The van der Waals surface area contributed by atoms with Crippen LogP contribution in [0.1, 0.15) is 11.4 Å². The summed E-state index contributed by atoms with van der Waals surface area (Å²) < 4.78 is 0. The van der Waals surface area contributed by atoms with Crippen LogP contribution in [0, 0.1) is 0 Å². The van der Waals surface area contributed by atoms with Gasteiger partial charge in [0.05, 0.1) is 23.2 Å². The summed E-state index contributed by atoms with van der Waals surface area (Å²) in [6.07, 6.45) is 0. The van der Waals surface area contributed by atoms with Crippen LogP contribution in [0.15, 0.2) is 58.3 Å². The van der Waals surface area contributed by atoms with Crippen LogP contribution in [-0.4, -0.2) is 15.1 Å². The van der Waals surface area contributed by atoms with Crippen molar-refractivity contribution >= 4 is 39.4 Å². The monoisotopic (exact) mass is 358 g/mol. The lowest BCUT2D eigenvalue weighted by Gasteiger charge is -2.04. The van der Waals surface area contributed by atoms with Gasteiger partial charge in [0.2, 0.25) is 0 Å². The molecule has 0 fully saturated rings. The van der Waals surface area contributed by atoms with Crippen molar-refractivity contribution in [3.63, 3.8) is 0 Å². The molecule has 3 aromatic rings. The summed E-state index contributed by atoms with van der Waals surface area (Å²) in [6.45, 7) is 0.525. The average molecular weight is 359 g/mol. The molecular formula is C17H15ClN4OS. The fourth-order valence-corrected chi connectivity index (χ4v) is 2.91. The van der Waals surface area contributed by atoms with Crippen LogP contribution in [-0.2, 0) is 12.3 Å². The second kappa shape index (κ2) is 7.51. The molecule has 0 radical (unpaired) electrons. The largest absolute Gasteiger partial charge is 0.379 e. The molecule has 2 aromatic carbocycles. The lowest BCUT2D eigenvalue weighted by molar-refractivity contribution is 1.04. The summed E-state index contributed by atoms with van der Waals surface area (Å²) >= 11 is 7.29. The molecule has 0 spiro atoms. The number of halogens is 1. The van der Waals surface area contributed by atoms with E-state index in [1.807, 2.05) is 30.3 Å². The number of thioether (sulfide) groups is 1. The second-order valence-electron chi connectivity index (χ2n) is 5.10. The first-order valence-corrected chi connectivity index (χ1v) is 8.63. The first kappa shape index (κ1) is 16.5. The van der Waals surface area contributed by atoms with Crippen molar-refractivity contribution in [3.8, 4) is 0 Å². The number of hydrogen-bond acceptors (Lipinski definition) is 4. The third-order valence-corrected chi connectivity index (χ3v) is 4.41. The molecule has 0 aliphatic rings. The quantitative estimate of drug-likeness (QED) is 0.553. The number of H-pyrrole nitrogens is 1. The van der Waals surface area contributed by atoms with Crippen molar-refractivity contribution in [1.29, 1.82) is 0 Å². The third-order valence-electron chi connectivity index (χ3n) is 3.33. The first-order valence-electron chi connectivity index (χ1n) is 7.27. The van der Waals surface area contributed by atoms with E-state index < -0.39 is 0 Å². The summed E-state index contributed by atoms with van der Waals surface area (Å²) in [5.74, 6) is 0.972. The lowest BCUT2D eigenvalue weighted by Crippen LogP contribution is -2.13.